The molecule has 3 unspecified atom stereocenters. The minimum Gasteiger partial charge on any atom is -0.365 e. The van der Waals surface area contributed by atoms with Crippen molar-refractivity contribution in [1.29, 1.82) is 0 Å². The van der Waals surface area contributed by atoms with E-state index < -0.39 is 12.2 Å². The smallest absolute Gasteiger partial charge is 0.279 e. The molecular weight excluding hydrogens is 394 g/mol. The van der Waals surface area contributed by atoms with Gasteiger partial charge in [0.1, 0.15) is 0 Å². The van der Waals surface area contributed by atoms with Crippen LogP contribution in [0.4, 0.5) is 5.69 Å². The molecule has 2 amide bonds. The molecule has 0 bridgehead atoms. The second-order valence-corrected chi connectivity index (χ2v) is 8.46. The quantitative estimate of drug-likeness (QED) is 0.446. The molecule has 0 spiro atoms. The Labute approximate surface area is 183 Å². The number of aliphatic hydroxyl groups is 1. The number of primary amides is 1. The van der Waals surface area contributed by atoms with E-state index in [-0.39, 0.29) is 24.9 Å². The number of rotatable bonds is 8. The predicted octanol–water partition coefficient (Wildman–Crippen LogP) is 2.45. The Kier molecular flexibility index (Phi) is 7.43. The molecule has 3 rings (SSSR count). The third-order valence-electron chi connectivity index (χ3n) is 6.09. The van der Waals surface area contributed by atoms with E-state index in [4.69, 9.17) is 10.5 Å². The number of aliphatic hydroxyl groups excluding tert-OH is 1. The lowest BCUT2D eigenvalue weighted by molar-refractivity contribution is -0.918. The molecule has 0 saturated carbocycles. The standard InChI is InChI=1S/C24H31N3O4/c1-17-8-6-12-20(24(30)31-2)23(17)26-22(29)16-27(15-21(25)28)13-7-11-19(14-27)18-9-4-3-5-10-18/h3-6,8-10,12,19,24,30H,7,11,13-16H2,1-2H3,(H2-,25,26,28,29)/p+1. The third-order valence-corrected chi connectivity index (χ3v) is 6.09. The van der Waals surface area contributed by atoms with Gasteiger partial charge in [0.2, 0.25) is 0 Å². The van der Waals surface area contributed by atoms with Crippen LogP contribution in [0.15, 0.2) is 48.5 Å². The Morgan fingerprint density at radius 3 is 2.61 bits per heavy atom. The number of carbonyl (C=O) groups is 2. The molecule has 1 aliphatic heterocycles. The first-order valence-corrected chi connectivity index (χ1v) is 10.6. The molecule has 1 heterocycles. The van der Waals surface area contributed by atoms with E-state index in [0.29, 0.717) is 22.3 Å². The van der Waals surface area contributed by atoms with Crippen molar-refractivity contribution in [2.45, 2.75) is 32.0 Å². The molecule has 2 aromatic carbocycles. The van der Waals surface area contributed by atoms with Crippen molar-refractivity contribution in [3.8, 4) is 0 Å². The van der Waals surface area contributed by atoms with Crippen LogP contribution in [0.5, 0.6) is 0 Å². The SMILES string of the molecule is COC(O)c1cccc(C)c1NC(=O)C[N+]1(CC(N)=O)CCCC(c2ccccc2)C1. The first-order valence-electron chi connectivity index (χ1n) is 10.6. The van der Waals surface area contributed by atoms with Gasteiger partial charge in [-0.25, -0.2) is 0 Å². The third kappa shape index (κ3) is 5.70. The first-order chi connectivity index (χ1) is 14.8. The van der Waals surface area contributed by atoms with Crippen LogP contribution in [-0.2, 0) is 14.3 Å². The van der Waals surface area contributed by atoms with E-state index >= 15 is 0 Å². The zero-order valence-corrected chi connectivity index (χ0v) is 18.2. The molecule has 0 aliphatic carbocycles. The van der Waals surface area contributed by atoms with E-state index in [1.54, 1.807) is 12.1 Å². The molecular formula is C24H32N3O4+. The fourth-order valence-electron chi connectivity index (χ4n) is 4.67. The lowest BCUT2D eigenvalue weighted by atomic mass is 9.89. The van der Waals surface area contributed by atoms with Crippen LogP contribution in [0.3, 0.4) is 0 Å². The van der Waals surface area contributed by atoms with E-state index in [0.717, 1.165) is 24.9 Å². The summed E-state index contributed by atoms with van der Waals surface area (Å²) in [4.78, 5) is 25.0. The Bertz CT molecular complexity index is 918. The van der Waals surface area contributed by atoms with Gasteiger partial charge in [0, 0.05) is 18.6 Å². The van der Waals surface area contributed by atoms with Gasteiger partial charge in [-0.1, -0.05) is 48.5 Å². The first kappa shape index (κ1) is 22.9. The minimum absolute atomic E-state index is 0.123. The van der Waals surface area contributed by atoms with Gasteiger partial charge in [-0.2, -0.15) is 0 Å². The Balaban J connectivity index is 1.82. The number of nitrogens with zero attached hydrogens (tertiary/aromatic N) is 1. The summed E-state index contributed by atoms with van der Waals surface area (Å²) in [6.45, 7) is 3.53. The van der Waals surface area contributed by atoms with Crippen molar-refractivity contribution in [3.63, 3.8) is 0 Å². The monoisotopic (exact) mass is 426 g/mol. The molecule has 2 aromatic rings. The van der Waals surface area contributed by atoms with Crippen molar-refractivity contribution < 1.29 is 23.9 Å². The largest absolute Gasteiger partial charge is 0.365 e. The average Bonchev–Trinajstić information content (AvgIpc) is 2.74. The number of nitrogens with two attached hydrogens (primary N) is 1. The number of aryl methyl sites for hydroxylation is 1. The van der Waals surface area contributed by atoms with Crippen molar-refractivity contribution in [2.75, 3.05) is 38.6 Å². The van der Waals surface area contributed by atoms with E-state index in [9.17, 15) is 14.7 Å². The number of carbonyl (C=O) groups excluding carboxylic acids is 2. The van der Waals surface area contributed by atoms with Crippen LogP contribution >= 0.6 is 0 Å². The zero-order valence-electron chi connectivity index (χ0n) is 18.2. The van der Waals surface area contributed by atoms with Gasteiger partial charge < -0.3 is 25.4 Å². The molecule has 166 valence electrons. The number of quaternary nitrogens is 1. The van der Waals surface area contributed by atoms with Crippen molar-refractivity contribution >= 4 is 17.5 Å². The van der Waals surface area contributed by atoms with Crippen LogP contribution in [-0.4, -0.2) is 54.7 Å². The molecule has 1 saturated heterocycles. The van der Waals surface area contributed by atoms with Crippen LogP contribution in [0.1, 0.15) is 41.7 Å². The number of anilines is 1. The van der Waals surface area contributed by atoms with Gasteiger partial charge in [0.05, 0.1) is 18.8 Å². The van der Waals surface area contributed by atoms with Gasteiger partial charge in [-0.15, -0.1) is 0 Å². The predicted molar refractivity (Wildman–Crippen MR) is 119 cm³/mol. The summed E-state index contributed by atoms with van der Waals surface area (Å²) >= 11 is 0. The van der Waals surface area contributed by atoms with Crippen molar-refractivity contribution in [1.82, 2.24) is 0 Å². The number of methoxy groups -OCH3 is 1. The maximum Gasteiger partial charge on any atom is 0.279 e. The van der Waals surface area contributed by atoms with Gasteiger partial charge in [0.15, 0.2) is 19.4 Å². The molecule has 1 fully saturated rings. The molecule has 7 heteroatoms. The number of hydrogen-bond donors (Lipinski definition) is 3. The maximum absolute atomic E-state index is 13.1. The minimum atomic E-state index is -1.14. The Morgan fingerprint density at radius 1 is 1.19 bits per heavy atom. The number of nitrogens with one attached hydrogen (secondary N) is 1. The number of likely N-dealkylation sites (tertiary alicyclic amines) is 1. The fourth-order valence-corrected chi connectivity index (χ4v) is 4.67. The van der Waals surface area contributed by atoms with E-state index in [2.05, 4.69) is 17.4 Å². The van der Waals surface area contributed by atoms with E-state index in [1.807, 2.05) is 31.2 Å². The highest BCUT2D eigenvalue weighted by molar-refractivity contribution is 5.93. The highest BCUT2D eigenvalue weighted by Gasteiger charge is 2.39. The van der Waals surface area contributed by atoms with Crippen LogP contribution < -0.4 is 11.1 Å². The highest BCUT2D eigenvalue weighted by atomic mass is 16.6. The van der Waals surface area contributed by atoms with Gasteiger partial charge in [0.25, 0.3) is 11.8 Å². The zero-order chi connectivity index (χ0) is 22.4. The number of benzene rings is 2. The molecule has 1 aliphatic rings. The Hall–Kier alpha value is -2.74. The number of para-hydroxylation sites is 1. The van der Waals surface area contributed by atoms with Crippen LogP contribution in [0, 0.1) is 6.92 Å². The van der Waals surface area contributed by atoms with Crippen LogP contribution in [0.25, 0.3) is 0 Å². The van der Waals surface area contributed by atoms with Gasteiger partial charge in [-0.3, -0.25) is 9.59 Å². The summed E-state index contributed by atoms with van der Waals surface area (Å²) in [5, 5.41) is 13.1. The topological polar surface area (TPSA) is 102 Å². The summed E-state index contributed by atoms with van der Waals surface area (Å²) in [6, 6.07) is 15.6. The van der Waals surface area contributed by atoms with E-state index in [1.165, 1.54) is 12.7 Å². The summed E-state index contributed by atoms with van der Waals surface area (Å²) in [5.41, 5.74) is 8.67. The second kappa shape index (κ2) is 10.0. The van der Waals surface area contributed by atoms with Crippen molar-refractivity contribution in [2.24, 2.45) is 5.73 Å². The molecule has 3 atom stereocenters. The summed E-state index contributed by atoms with van der Waals surface area (Å²) in [5.74, 6) is -0.354. The van der Waals surface area contributed by atoms with Gasteiger partial charge >= 0.3 is 0 Å². The average molecular weight is 427 g/mol. The molecule has 0 radical (unpaired) electrons. The molecule has 31 heavy (non-hydrogen) atoms. The maximum atomic E-state index is 13.1. The molecule has 7 nitrogen and oxygen atoms in total. The number of amides is 2. The number of ether oxygens (including phenoxy) is 1. The molecule has 4 N–H and O–H groups in total. The number of hydrogen-bond acceptors (Lipinski definition) is 4. The fraction of sp³-hybridized carbons (Fsp3) is 0.417. The van der Waals surface area contributed by atoms with Crippen molar-refractivity contribution in [3.05, 3.63) is 65.2 Å². The summed E-state index contributed by atoms with van der Waals surface area (Å²) in [7, 11) is 1.41. The normalized spacial score (nSPS) is 22.0. The molecule has 0 aromatic heterocycles. The summed E-state index contributed by atoms with van der Waals surface area (Å²) < 4.78 is 5.37. The lowest BCUT2D eigenvalue weighted by Gasteiger charge is -2.43. The second-order valence-electron chi connectivity index (χ2n) is 8.46. The van der Waals surface area contributed by atoms with Gasteiger partial charge in [-0.05, 0) is 30.9 Å². The number of piperidine rings is 1. The van der Waals surface area contributed by atoms with Crippen LogP contribution in [0.2, 0.25) is 0 Å². The lowest BCUT2D eigenvalue weighted by Crippen LogP contribution is -2.60. The summed E-state index contributed by atoms with van der Waals surface area (Å²) in [6.07, 6.45) is 0.797. The highest BCUT2D eigenvalue weighted by Crippen LogP contribution is 2.32. The Morgan fingerprint density at radius 2 is 1.94 bits per heavy atom.